The molecule has 0 radical (unpaired) electrons. The molecule has 1 aromatic heterocycles. The van der Waals surface area contributed by atoms with Gasteiger partial charge in [-0.3, -0.25) is 4.79 Å². The van der Waals surface area contributed by atoms with Crippen LogP contribution in [0.1, 0.15) is 11.5 Å². The van der Waals surface area contributed by atoms with Crippen LogP contribution in [0.2, 0.25) is 0 Å². The number of carbonyl (C=O) groups is 1. The lowest BCUT2D eigenvalue weighted by Gasteiger charge is -2.00. The minimum Gasteiger partial charge on any atom is -0.447 e. The van der Waals surface area contributed by atoms with Gasteiger partial charge in [0.25, 0.3) is 0 Å². The maximum Gasteiger partial charge on any atom is 0.228 e. The van der Waals surface area contributed by atoms with Crippen LogP contribution >= 0.6 is 0 Å². The number of hydrogen-bond donors (Lipinski definition) is 2. The number of carbonyl (C=O) groups excluding carboxylic acids is 1. The summed E-state index contributed by atoms with van der Waals surface area (Å²) in [5.74, 6) is 0.537. The number of nitrogens with two attached hydrogens (primary N) is 1. The van der Waals surface area contributed by atoms with Crippen LogP contribution < -0.4 is 11.1 Å². The van der Waals surface area contributed by atoms with Crippen LogP contribution in [0.4, 0.5) is 5.69 Å². The number of fused-ring (bicyclic) bond motifs is 1. The smallest absolute Gasteiger partial charge is 0.228 e. The Bertz CT molecular complexity index is 589. The third-order valence-electron chi connectivity index (χ3n) is 2.75. The van der Waals surface area contributed by atoms with Gasteiger partial charge < -0.3 is 15.5 Å². The van der Waals surface area contributed by atoms with Crippen molar-refractivity contribution in [2.75, 3.05) is 5.32 Å². The molecule has 3 N–H and O–H groups in total. The van der Waals surface area contributed by atoms with Gasteiger partial charge in [-0.25, -0.2) is 4.98 Å². The Morgan fingerprint density at radius 1 is 1.47 bits per heavy atom. The van der Waals surface area contributed by atoms with Crippen molar-refractivity contribution in [3.8, 4) is 11.3 Å². The molecular formula is C12H11N3O2. The summed E-state index contributed by atoms with van der Waals surface area (Å²) in [6.45, 7) is 0.283. The molecule has 1 amide bonds. The molecule has 0 spiro atoms. The first-order chi connectivity index (χ1) is 8.26. The zero-order valence-corrected chi connectivity index (χ0v) is 9.06. The minimum absolute atomic E-state index is 0.0277. The molecule has 5 nitrogen and oxygen atoms in total. The summed E-state index contributed by atoms with van der Waals surface area (Å²) in [6, 6.07) is 5.74. The number of oxazole rings is 1. The monoisotopic (exact) mass is 229 g/mol. The minimum atomic E-state index is 0.0277. The van der Waals surface area contributed by atoms with E-state index in [4.69, 9.17) is 10.2 Å². The molecule has 2 aromatic rings. The average Bonchev–Trinajstić information content (AvgIpc) is 2.92. The third-order valence-corrected chi connectivity index (χ3v) is 2.75. The predicted octanol–water partition coefficient (Wildman–Crippen LogP) is 1.29. The summed E-state index contributed by atoms with van der Waals surface area (Å²) in [6.07, 6.45) is 2.00. The molecule has 17 heavy (non-hydrogen) atoms. The van der Waals surface area contributed by atoms with Gasteiger partial charge in [0.1, 0.15) is 12.0 Å². The van der Waals surface area contributed by atoms with Crippen molar-refractivity contribution in [2.45, 2.75) is 13.0 Å². The van der Waals surface area contributed by atoms with E-state index in [1.807, 2.05) is 18.2 Å². The molecule has 1 aliphatic heterocycles. The van der Waals surface area contributed by atoms with Crippen molar-refractivity contribution >= 4 is 11.6 Å². The zero-order valence-electron chi connectivity index (χ0n) is 9.06. The normalized spacial score (nSPS) is 13.6. The third kappa shape index (κ3) is 1.70. The number of nitrogens with one attached hydrogen (secondary N) is 1. The standard InChI is InChI=1S/C12H11N3O2/c13-5-12-15-10(6-17-12)7-1-2-9-8(3-7)4-11(16)14-9/h1-3,6H,4-5,13H2,(H,14,16). The maximum atomic E-state index is 11.2. The molecule has 0 bridgehead atoms. The van der Waals surface area contributed by atoms with Gasteiger partial charge in [0.2, 0.25) is 11.8 Å². The highest BCUT2D eigenvalue weighted by molar-refractivity contribution is 5.99. The predicted molar refractivity (Wildman–Crippen MR) is 62.2 cm³/mol. The lowest BCUT2D eigenvalue weighted by molar-refractivity contribution is -0.115. The van der Waals surface area contributed by atoms with Crippen LogP contribution in [0.25, 0.3) is 11.3 Å². The molecule has 0 saturated carbocycles. The Morgan fingerprint density at radius 3 is 3.12 bits per heavy atom. The highest BCUT2D eigenvalue weighted by Crippen LogP contribution is 2.28. The van der Waals surface area contributed by atoms with Crippen LogP contribution in [-0.4, -0.2) is 10.9 Å². The van der Waals surface area contributed by atoms with Gasteiger partial charge in [-0.2, -0.15) is 0 Å². The summed E-state index contributed by atoms with van der Waals surface area (Å²) in [5, 5.41) is 2.79. The number of hydrogen-bond acceptors (Lipinski definition) is 4. The van der Waals surface area contributed by atoms with E-state index < -0.39 is 0 Å². The first-order valence-corrected chi connectivity index (χ1v) is 5.34. The molecule has 3 rings (SSSR count). The largest absolute Gasteiger partial charge is 0.447 e. The van der Waals surface area contributed by atoms with Gasteiger partial charge in [-0.15, -0.1) is 0 Å². The summed E-state index contributed by atoms with van der Waals surface area (Å²) in [5.41, 5.74) is 8.98. The van der Waals surface area contributed by atoms with E-state index >= 15 is 0 Å². The van der Waals surface area contributed by atoms with Crippen molar-refractivity contribution in [2.24, 2.45) is 5.73 Å². The van der Waals surface area contributed by atoms with Gasteiger partial charge in [-0.1, -0.05) is 6.07 Å². The molecule has 0 fully saturated rings. The fourth-order valence-electron chi connectivity index (χ4n) is 1.93. The molecule has 0 unspecified atom stereocenters. The first kappa shape index (κ1) is 10.0. The van der Waals surface area contributed by atoms with Crippen molar-refractivity contribution in [3.63, 3.8) is 0 Å². The maximum absolute atomic E-state index is 11.2. The van der Waals surface area contributed by atoms with Gasteiger partial charge in [-0.05, 0) is 17.7 Å². The van der Waals surface area contributed by atoms with E-state index in [0.29, 0.717) is 12.3 Å². The lowest BCUT2D eigenvalue weighted by Crippen LogP contribution is -2.03. The van der Waals surface area contributed by atoms with Crippen LogP contribution in [0.3, 0.4) is 0 Å². The Hall–Kier alpha value is -2.14. The molecular weight excluding hydrogens is 218 g/mol. The highest BCUT2D eigenvalue weighted by Gasteiger charge is 2.18. The van der Waals surface area contributed by atoms with Crippen molar-refractivity contribution in [1.29, 1.82) is 0 Å². The first-order valence-electron chi connectivity index (χ1n) is 5.34. The Morgan fingerprint density at radius 2 is 2.35 bits per heavy atom. The van der Waals surface area contributed by atoms with E-state index in [9.17, 15) is 4.79 Å². The molecule has 5 heteroatoms. The van der Waals surface area contributed by atoms with E-state index in [2.05, 4.69) is 10.3 Å². The number of amides is 1. The Balaban J connectivity index is 1.99. The van der Waals surface area contributed by atoms with Crippen LogP contribution in [-0.2, 0) is 17.8 Å². The van der Waals surface area contributed by atoms with Crippen LogP contribution in [0.5, 0.6) is 0 Å². The van der Waals surface area contributed by atoms with Gasteiger partial charge in [0, 0.05) is 11.3 Å². The quantitative estimate of drug-likeness (QED) is 0.813. The average molecular weight is 229 g/mol. The number of anilines is 1. The van der Waals surface area contributed by atoms with E-state index in [0.717, 1.165) is 22.5 Å². The van der Waals surface area contributed by atoms with Crippen molar-refractivity contribution in [1.82, 2.24) is 4.98 Å². The fourth-order valence-corrected chi connectivity index (χ4v) is 1.93. The number of aromatic nitrogens is 1. The second kappa shape index (κ2) is 3.71. The lowest BCUT2D eigenvalue weighted by atomic mass is 10.1. The van der Waals surface area contributed by atoms with E-state index in [-0.39, 0.29) is 12.5 Å². The van der Waals surface area contributed by atoms with Gasteiger partial charge in [0.05, 0.1) is 13.0 Å². The number of nitrogens with zero attached hydrogens (tertiary/aromatic N) is 1. The zero-order chi connectivity index (χ0) is 11.8. The number of rotatable bonds is 2. The topological polar surface area (TPSA) is 81.1 Å². The second-order valence-electron chi connectivity index (χ2n) is 3.93. The summed E-state index contributed by atoms with van der Waals surface area (Å²) in [7, 11) is 0. The van der Waals surface area contributed by atoms with E-state index in [1.54, 1.807) is 6.26 Å². The summed E-state index contributed by atoms with van der Waals surface area (Å²) < 4.78 is 5.19. The summed E-state index contributed by atoms with van der Waals surface area (Å²) >= 11 is 0. The van der Waals surface area contributed by atoms with Crippen LogP contribution in [0, 0.1) is 0 Å². The highest BCUT2D eigenvalue weighted by atomic mass is 16.3. The molecule has 1 aromatic carbocycles. The molecule has 0 aliphatic carbocycles. The molecule has 86 valence electrons. The van der Waals surface area contributed by atoms with Gasteiger partial charge >= 0.3 is 0 Å². The Kier molecular flexibility index (Phi) is 2.19. The summed E-state index contributed by atoms with van der Waals surface area (Å²) in [4.78, 5) is 15.5. The SMILES string of the molecule is NCc1nc(-c2ccc3c(c2)CC(=O)N3)co1. The van der Waals surface area contributed by atoms with Gasteiger partial charge in [0.15, 0.2) is 0 Å². The molecule has 0 atom stereocenters. The van der Waals surface area contributed by atoms with Crippen molar-refractivity contribution < 1.29 is 9.21 Å². The molecule has 2 heterocycles. The fraction of sp³-hybridized carbons (Fsp3) is 0.167. The molecule has 0 saturated heterocycles. The number of benzene rings is 1. The second-order valence-corrected chi connectivity index (χ2v) is 3.93. The van der Waals surface area contributed by atoms with Crippen molar-refractivity contribution in [3.05, 3.63) is 35.9 Å². The van der Waals surface area contributed by atoms with Crippen LogP contribution in [0.15, 0.2) is 28.9 Å². The van der Waals surface area contributed by atoms with E-state index in [1.165, 1.54) is 0 Å². The molecule has 1 aliphatic rings. The Labute approximate surface area is 97.6 Å².